The van der Waals surface area contributed by atoms with Crippen LogP contribution in [0.15, 0.2) is 22.6 Å². The van der Waals surface area contributed by atoms with Gasteiger partial charge in [-0.2, -0.15) is 0 Å². The topological polar surface area (TPSA) is 74.5 Å². The fraction of sp³-hybridized carbons (Fsp3) is 0.400. The highest BCUT2D eigenvalue weighted by molar-refractivity contribution is 6.35. The monoisotopic (exact) mass is 344 g/mol. The minimum absolute atomic E-state index is 0. The molecule has 1 amide bonds. The molecule has 5 nitrogen and oxygen atoms in total. The van der Waals surface area contributed by atoms with Crippen LogP contribution in [0.1, 0.15) is 16.1 Å². The van der Waals surface area contributed by atoms with Gasteiger partial charge in [-0.1, -0.05) is 23.7 Å². The van der Waals surface area contributed by atoms with E-state index in [0.29, 0.717) is 30.2 Å². The van der Waals surface area contributed by atoms with Gasteiger partial charge in [0.05, 0.1) is 11.1 Å². The third kappa shape index (κ3) is 3.08. The highest BCUT2D eigenvalue weighted by Crippen LogP contribution is 2.30. The van der Waals surface area contributed by atoms with Gasteiger partial charge in [-0.25, -0.2) is 0 Å². The van der Waals surface area contributed by atoms with Gasteiger partial charge in [-0.3, -0.25) is 4.79 Å². The molecule has 120 valence electrons. The van der Waals surface area contributed by atoms with E-state index in [1.54, 1.807) is 6.07 Å². The second-order valence-corrected chi connectivity index (χ2v) is 5.78. The van der Waals surface area contributed by atoms with Crippen LogP contribution in [-0.2, 0) is 0 Å². The van der Waals surface area contributed by atoms with E-state index in [2.05, 4.69) is 10.6 Å². The third-order valence-corrected chi connectivity index (χ3v) is 4.25. The number of carbonyl (C=O) groups is 1. The molecule has 22 heavy (non-hydrogen) atoms. The highest BCUT2D eigenvalue weighted by Gasteiger charge is 2.26. The first-order chi connectivity index (χ1) is 10.1. The number of aryl methyl sites for hydroxylation is 1. The minimum atomic E-state index is -0.420. The average Bonchev–Trinajstić information content (AvgIpc) is 3.02. The number of nitrogens with one attached hydrogen (secondary N) is 2. The Balaban J connectivity index is 0.00000176. The van der Waals surface area contributed by atoms with Crippen molar-refractivity contribution in [3.63, 3.8) is 0 Å². The van der Waals surface area contributed by atoms with E-state index < -0.39 is 6.10 Å². The number of furan rings is 1. The zero-order valence-corrected chi connectivity index (χ0v) is 13.6. The Kier molecular flexibility index (Phi) is 5.34. The molecule has 0 bridgehead atoms. The summed E-state index contributed by atoms with van der Waals surface area (Å²) in [5.74, 6) is 0.0274. The fourth-order valence-electron chi connectivity index (χ4n) is 2.66. The van der Waals surface area contributed by atoms with Crippen molar-refractivity contribution in [1.82, 2.24) is 10.6 Å². The molecule has 3 N–H and O–H groups in total. The highest BCUT2D eigenvalue weighted by atomic mass is 35.5. The van der Waals surface area contributed by atoms with Crippen molar-refractivity contribution in [1.29, 1.82) is 0 Å². The number of amides is 1. The van der Waals surface area contributed by atoms with Crippen molar-refractivity contribution in [2.45, 2.75) is 13.0 Å². The summed E-state index contributed by atoms with van der Waals surface area (Å²) < 4.78 is 5.61. The van der Waals surface area contributed by atoms with Crippen LogP contribution in [0.4, 0.5) is 0 Å². The first-order valence-electron chi connectivity index (χ1n) is 6.92. The number of hydrogen-bond acceptors (Lipinski definition) is 4. The molecule has 0 aliphatic carbocycles. The summed E-state index contributed by atoms with van der Waals surface area (Å²) >= 11 is 6.08. The summed E-state index contributed by atoms with van der Waals surface area (Å²) in [7, 11) is 0. The second-order valence-electron chi connectivity index (χ2n) is 5.37. The van der Waals surface area contributed by atoms with Crippen molar-refractivity contribution in [2.75, 3.05) is 19.6 Å². The quantitative estimate of drug-likeness (QED) is 0.797. The summed E-state index contributed by atoms with van der Waals surface area (Å²) in [5, 5.41) is 17.0. The van der Waals surface area contributed by atoms with Crippen molar-refractivity contribution >= 4 is 40.9 Å². The van der Waals surface area contributed by atoms with Gasteiger partial charge in [0.2, 0.25) is 0 Å². The van der Waals surface area contributed by atoms with Gasteiger partial charge in [-0.05, 0) is 13.0 Å². The minimum Gasteiger partial charge on any atom is -0.449 e. The number of rotatable bonds is 3. The van der Waals surface area contributed by atoms with Crippen LogP contribution in [0.2, 0.25) is 5.02 Å². The average molecular weight is 345 g/mol. The van der Waals surface area contributed by atoms with Crippen molar-refractivity contribution in [2.24, 2.45) is 5.92 Å². The summed E-state index contributed by atoms with van der Waals surface area (Å²) in [6.45, 7) is 3.52. The summed E-state index contributed by atoms with van der Waals surface area (Å²) in [5.41, 5.74) is 1.31. The van der Waals surface area contributed by atoms with E-state index in [9.17, 15) is 9.90 Å². The molecule has 2 unspecified atom stereocenters. The Morgan fingerprint density at radius 3 is 2.91 bits per heavy atom. The molecule has 1 fully saturated rings. The van der Waals surface area contributed by atoms with Crippen LogP contribution >= 0.6 is 24.0 Å². The van der Waals surface area contributed by atoms with E-state index in [1.165, 1.54) is 0 Å². The number of halogens is 2. The maximum Gasteiger partial charge on any atom is 0.287 e. The summed E-state index contributed by atoms with van der Waals surface area (Å²) in [6, 6.07) is 5.44. The standard InChI is InChI=1S/C15H17ClN2O3.ClH/c1-8-10-3-2-4-11(16)14(10)21-13(8)15(20)18-6-9-5-17-7-12(9)19;/h2-4,9,12,17,19H,5-7H2,1H3,(H,18,20);1H. The molecule has 0 radical (unpaired) electrons. The number of hydrogen-bond donors (Lipinski definition) is 3. The van der Waals surface area contributed by atoms with Crippen molar-refractivity contribution < 1.29 is 14.3 Å². The summed E-state index contributed by atoms with van der Waals surface area (Å²) in [4.78, 5) is 12.3. The van der Waals surface area contributed by atoms with Gasteiger partial charge < -0.3 is 20.2 Å². The van der Waals surface area contributed by atoms with Gasteiger partial charge in [-0.15, -0.1) is 12.4 Å². The maximum atomic E-state index is 12.3. The van der Waals surface area contributed by atoms with E-state index in [4.69, 9.17) is 16.0 Å². The number of β-amino-alcohol motifs (C(OH)–C–C–N with tert-alkyl or cyclic N) is 1. The number of aliphatic hydroxyl groups is 1. The molecule has 1 aliphatic heterocycles. The van der Waals surface area contributed by atoms with Crippen molar-refractivity contribution in [3.05, 3.63) is 34.5 Å². The Labute approximate surface area is 139 Å². The molecule has 3 rings (SSSR count). The lowest BCUT2D eigenvalue weighted by atomic mass is 10.1. The van der Waals surface area contributed by atoms with Crippen LogP contribution in [0.3, 0.4) is 0 Å². The van der Waals surface area contributed by atoms with Crippen LogP contribution in [0.5, 0.6) is 0 Å². The Hall–Kier alpha value is -1.27. The van der Waals surface area contributed by atoms with Crippen LogP contribution < -0.4 is 10.6 Å². The largest absolute Gasteiger partial charge is 0.449 e. The molecule has 1 aliphatic rings. The first kappa shape index (κ1) is 17.1. The van der Waals surface area contributed by atoms with Gasteiger partial charge in [0.15, 0.2) is 11.3 Å². The predicted molar refractivity (Wildman–Crippen MR) is 87.9 cm³/mol. The van der Waals surface area contributed by atoms with Gasteiger partial charge in [0, 0.05) is 36.5 Å². The maximum absolute atomic E-state index is 12.3. The van der Waals surface area contributed by atoms with E-state index >= 15 is 0 Å². The lowest BCUT2D eigenvalue weighted by Gasteiger charge is -2.13. The van der Waals surface area contributed by atoms with Crippen LogP contribution in [0, 0.1) is 12.8 Å². The number of aliphatic hydroxyl groups excluding tert-OH is 1. The predicted octanol–water partition coefficient (Wildman–Crippen LogP) is 2.13. The molecule has 1 aromatic heterocycles. The lowest BCUT2D eigenvalue weighted by Crippen LogP contribution is -2.34. The van der Waals surface area contributed by atoms with E-state index in [-0.39, 0.29) is 30.0 Å². The SMILES string of the molecule is Cc1c(C(=O)NCC2CNCC2O)oc2c(Cl)cccc12.Cl. The molecule has 2 heterocycles. The van der Waals surface area contributed by atoms with Crippen LogP contribution in [-0.4, -0.2) is 36.8 Å². The molecule has 0 saturated carbocycles. The third-order valence-electron chi connectivity index (χ3n) is 3.95. The number of carbonyl (C=O) groups excluding carboxylic acids is 1. The molecule has 1 saturated heterocycles. The molecule has 0 spiro atoms. The van der Waals surface area contributed by atoms with Gasteiger partial charge in [0.1, 0.15) is 0 Å². The second kappa shape index (κ2) is 6.87. The molecule has 7 heteroatoms. The van der Waals surface area contributed by atoms with E-state index in [0.717, 1.165) is 10.9 Å². The Morgan fingerprint density at radius 1 is 1.50 bits per heavy atom. The zero-order chi connectivity index (χ0) is 15.0. The van der Waals surface area contributed by atoms with Crippen LogP contribution in [0.25, 0.3) is 11.0 Å². The van der Waals surface area contributed by atoms with Gasteiger partial charge >= 0.3 is 0 Å². The normalized spacial score (nSPS) is 20.9. The molecule has 1 aromatic carbocycles. The van der Waals surface area contributed by atoms with E-state index in [1.807, 2.05) is 19.1 Å². The molecular weight excluding hydrogens is 327 g/mol. The fourth-order valence-corrected chi connectivity index (χ4v) is 2.87. The number of para-hydroxylation sites is 1. The van der Waals surface area contributed by atoms with Gasteiger partial charge in [0.25, 0.3) is 5.91 Å². The first-order valence-corrected chi connectivity index (χ1v) is 7.30. The Morgan fingerprint density at radius 2 is 2.27 bits per heavy atom. The van der Waals surface area contributed by atoms with Crippen molar-refractivity contribution in [3.8, 4) is 0 Å². The number of fused-ring (bicyclic) bond motifs is 1. The molecular formula is C15H18Cl2N2O3. The summed E-state index contributed by atoms with van der Waals surface area (Å²) in [6.07, 6.45) is -0.420. The lowest BCUT2D eigenvalue weighted by molar-refractivity contribution is 0.0901. The number of benzene rings is 1. The Bertz CT molecular complexity index is 687. The molecule has 2 atom stereocenters. The molecule has 2 aromatic rings. The zero-order valence-electron chi connectivity index (χ0n) is 12.1. The smallest absolute Gasteiger partial charge is 0.287 e.